The van der Waals surface area contributed by atoms with Crippen LogP contribution in [0.15, 0.2) is 84.9 Å². The first-order chi connectivity index (χ1) is 38.5. The van der Waals surface area contributed by atoms with Crippen LogP contribution < -0.4 is 20.1 Å². The first-order valence-electron chi connectivity index (χ1n) is 27.3. The van der Waals surface area contributed by atoms with Gasteiger partial charge in [0.05, 0.1) is 38.6 Å². The second kappa shape index (κ2) is 31.2. The molecule has 4 aromatic carbocycles. The zero-order valence-electron chi connectivity index (χ0n) is 44.4. The van der Waals surface area contributed by atoms with Crippen LogP contribution in [-0.4, -0.2) is 189 Å². The molecule has 22 heteroatoms. The summed E-state index contributed by atoms with van der Waals surface area (Å²) in [5, 5.41) is 103. The lowest BCUT2D eigenvalue weighted by atomic mass is 9.90. The fourth-order valence-electron chi connectivity index (χ4n) is 9.42. The van der Waals surface area contributed by atoms with Crippen LogP contribution in [0.4, 0.5) is 0 Å². The summed E-state index contributed by atoms with van der Waals surface area (Å²) in [6, 6.07) is 25.4. The van der Waals surface area contributed by atoms with E-state index in [0.29, 0.717) is 72.6 Å². The minimum absolute atomic E-state index is 0.269. The van der Waals surface area contributed by atoms with Crippen molar-refractivity contribution in [2.45, 2.75) is 150 Å². The summed E-state index contributed by atoms with van der Waals surface area (Å²) in [5.41, 5.74) is 4.92. The molecule has 12 N–H and O–H groups in total. The predicted molar refractivity (Wildman–Crippen MR) is 293 cm³/mol. The lowest BCUT2D eigenvalue weighted by Gasteiger charge is -2.40. The van der Waals surface area contributed by atoms with E-state index in [1.807, 2.05) is 60.7 Å². The third-order valence-corrected chi connectivity index (χ3v) is 15.1. The highest BCUT2D eigenvalue weighted by atomic mass is 35.5. The predicted octanol–water partition coefficient (Wildman–Crippen LogP) is 3.65. The van der Waals surface area contributed by atoms with Gasteiger partial charge in [0.15, 0.2) is 0 Å². The molecule has 6 aliphatic rings. The third-order valence-electron chi connectivity index (χ3n) is 14.4. The highest BCUT2D eigenvalue weighted by Gasteiger charge is 2.45. The average molecular weight is 1160 g/mol. The number of hydrogen-bond acceptors (Lipinski definition) is 18. The fourth-order valence-corrected chi connectivity index (χ4v) is 9.79. The molecule has 4 aliphatic heterocycles. The smallest absolute Gasteiger partial charge is 0.320 e. The molecular weight excluding hydrogens is 1080 g/mol. The molecule has 10 rings (SSSR count). The molecular formula is C58H76Cl2N2O18. The van der Waals surface area contributed by atoms with Crippen molar-refractivity contribution in [1.82, 2.24) is 10.6 Å². The molecule has 0 amide bonds. The van der Waals surface area contributed by atoms with E-state index >= 15 is 0 Å². The maximum absolute atomic E-state index is 10.4. The Balaban J connectivity index is 0.000000181. The van der Waals surface area contributed by atoms with Gasteiger partial charge in [0.2, 0.25) is 0 Å². The first-order valence-corrected chi connectivity index (χ1v) is 28.1. The van der Waals surface area contributed by atoms with E-state index in [1.54, 1.807) is 24.3 Å². The number of hydrogen-bond donors (Lipinski definition) is 12. The Kier molecular flexibility index (Phi) is 24.6. The van der Waals surface area contributed by atoms with Gasteiger partial charge in [-0.15, -0.1) is 0 Å². The van der Waals surface area contributed by atoms with E-state index in [9.17, 15) is 50.4 Å². The number of carboxylic acid groups (broad SMARTS) is 2. The van der Waals surface area contributed by atoms with Crippen molar-refractivity contribution in [3.8, 4) is 11.5 Å². The molecule has 0 aromatic heterocycles. The number of ether oxygens (including phenoxy) is 6. The van der Waals surface area contributed by atoms with Crippen molar-refractivity contribution in [2.24, 2.45) is 0 Å². The molecule has 0 spiro atoms. The number of nitrogens with one attached hydrogen (secondary N) is 2. The number of aliphatic hydroxyl groups excluding tert-OH is 8. The molecule has 440 valence electrons. The Hall–Kier alpha value is -4.56. The van der Waals surface area contributed by atoms with Crippen molar-refractivity contribution >= 4 is 35.1 Å². The second-order valence-corrected chi connectivity index (χ2v) is 21.5. The molecule has 2 aliphatic carbocycles. The maximum atomic E-state index is 10.4. The SMILES string of the molecule is O=C(O)[C@@H]1CCCN1.O=C(O)[C@@H]1CCCN1.OC[C@H]1OC(c2ccc(Cl)c(Cc3ccc(OCCOC4CC4)cc3)c2)[C@H](O)[C@@H](O)[C@@H]1O.OC[C@H]1OC(c2ccc(Cl)c(Cc3ccc(OCCOC4CC4)cc3)c2)[C@H](O)[C@@H](O)[C@@H]1O. The quantitative estimate of drug-likeness (QED) is 0.0562. The second-order valence-electron chi connectivity index (χ2n) is 20.7. The number of benzene rings is 4. The minimum Gasteiger partial charge on any atom is -0.491 e. The van der Waals surface area contributed by atoms with E-state index in [4.69, 9.17) is 61.8 Å². The van der Waals surface area contributed by atoms with Gasteiger partial charge in [-0.05, 0) is 147 Å². The highest BCUT2D eigenvalue weighted by Crippen LogP contribution is 2.37. The molecule has 80 heavy (non-hydrogen) atoms. The third kappa shape index (κ3) is 18.7. The zero-order chi connectivity index (χ0) is 57.3. The van der Waals surface area contributed by atoms with Gasteiger partial charge in [-0.25, -0.2) is 0 Å². The first kappa shape index (κ1) is 63.0. The van der Waals surface area contributed by atoms with E-state index in [2.05, 4.69) is 10.6 Å². The van der Waals surface area contributed by atoms with E-state index < -0.39 is 86.2 Å². The summed E-state index contributed by atoms with van der Waals surface area (Å²) in [6.45, 7) is 2.99. The number of aliphatic carboxylic acids is 2. The van der Waals surface area contributed by atoms with E-state index in [-0.39, 0.29) is 12.1 Å². The van der Waals surface area contributed by atoms with Crippen molar-refractivity contribution in [2.75, 3.05) is 52.7 Å². The Morgan fingerprint density at radius 3 is 1.18 bits per heavy atom. The summed E-state index contributed by atoms with van der Waals surface area (Å²) in [6.07, 6.45) is -1.89. The molecule has 4 heterocycles. The van der Waals surface area contributed by atoms with Gasteiger partial charge >= 0.3 is 11.9 Å². The monoisotopic (exact) mass is 1160 g/mol. The number of carboxylic acids is 2. The van der Waals surface area contributed by atoms with Crippen LogP contribution in [-0.2, 0) is 41.4 Å². The van der Waals surface area contributed by atoms with Crippen LogP contribution in [0.2, 0.25) is 10.0 Å². The average Bonchev–Trinajstić information content (AvgIpc) is 4.34. The van der Waals surface area contributed by atoms with Gasteiger partial charge in [0, 0.05) is 10.0 Å². The normalized spacial score (nSPS) is 28.0. The van der Waals surface area contributed by atoms with E-state index in [0.717, 1.165) is 98.2 Å². The van der Waals surface area contributed by atoms with Crippen LogP contribution in [0.5, 0.6) is 11.5 Å². The van der Waals surface area contributed by atoms with Crippen LogP contribution in [0.3, 0.4) is 0 Å². The van der Waals surface area contributed by atoms with Crippen LogP contribution in [0.1, 0.15) is 97.0 Å². The van der Waals surface area contributed by atoms with Gasteiger partial charge in [-0.2, -0.15) is 0 Å². The van der Waals surface area contributed by atoms with Crippen LogP contribution in [0, 0.1) is 0 Å². The Labute approximate surface area is 475 Å². The Bertz CT molecular complexity index is 2350. The molecule has 2 saturated carbocycles. The molecule has 20 nitrogen and oxygen atoms in total. The zero-order valence-corrected chi connectivity index (χ0v) is 45.9. The standard InChI is InChI=1S/2C24H29ClO7.2C5H9NO2/c2*25-19-8-3-15(24-23(29)22(28)21(27)20(13-26)32-24)12-16(19)11-14-1-4-17(5-2-14)30-9-10-31-18-6-7-18;2*7-5(8)4-2-1-3-6-4/h2*1-5,8,12,18,20-24,26-29H,6-7,9-11,13H2;2*4,6H,1-3H2,(H,7,8)/t2*20-,21-,22+,23-,24?;2*4-/m1100/s1. The lowest BCUT2D eigenvalue weighted by molar-refractivity contribution is -0.231. The van der Waals surface area contributed by atoms with Crippen LogP contribution >= 0.6 is 23.2 Å². The lowest BCUT2D eigenvalue weighted by Crippen LogP contribution is -2.55. The van der Waals surface area contributed by atoms with Gasteiger partial charge in [0.25, 0.3) is 0 Å². The summed E-state index contributed by atoms with van der Waals surface area (Å²) in [5.74, 6) is 0.105. The maximum Gasteiger partial charge on any atom is 0.320 e. The molecule has 2 unspecified atom stereocenters. The molecule has 4 saturated heterocycles. The fraction of sp³-hybridized carbons (Fsp3) is 0.552. The van der Waals surface area contributed by atoms with Crippen molar-refractivity contribution in [3.05, 3.63) is 128 Å². The molecule has 6 fully saturated rings. The molecule has 0 bridgehead atoms. The number of aliphatic hydroxyl groups is 8. The van der Waals surface area contributed by atoms with Gasteiger partial charge in [-0.3, -0.25) is 9.59 Å². The van der Waals surface area contributed by atoms with Crippen molar-refractivity contribution in [3.63, 3.8) is 0 Å². The van der Waals surface area contributed by atoms with Gasteiger partial charge in [-0.1, -0.05) is 71.7 Å². The summed E-state index contributed by atoms with van der Waals surface area (Å²) in [4.78, 5) is 20.3. The number of halogens is 2. The Morgan fingerprint density at radius 1 is 0.500 bits per heavy atom. The van der Waals surface area contributed by atoms with Gasteiger partial charge < -0.3 is 90.1 Å². The molecule has 12 atom stereocenters. The highest BCUT2D eigenvalue weighted by molar-refractivity contribution is 6.31. The summed E-state index contributed by atoms with van der Waals surface area (Å²) >= 11 is 12.8. The topological polar surface area (TPSA) is 316 Å². The van der Waals surface area contributed by atoms with Crippen LogP contribution in [0.25, 0.3) is 0 Å². The van der Waals surface area contributed by atoms with Crippen molar-refractivity contribution < 1.29 is 89.1 Å². The summed E-state index contributed by atoms with van der Waals surface area (Å²) < 4.78 is 33.9. The van der Waals surface area contributed by atoms with E-state index in [1.165, 1.54) is 0 Å². The largest absolute Gasteiger partial charge is 0.491 e. The minimum atomic E-state index is -1.42. The molecule has 0 radical (unpaired) electrons. The van der Waals surface area contributed by atoms with Crippen molar-refractivity contribution in [1.29, 1.82) is 0 Å². The Morgan fingerprint density at radius 2 is 0.875 bits per heavy atom. The van der Waals surface area contributed by atoms with Gasteiger partial charge in [0.1, 0.15) is 97.8 Å². The summed E-state index contributed by atoms with van der Waals surface area (Å²) in [7, 11) is 0. The number of carbonyl (C=O) groups is 2. The number of rotatable bonds is 20. The molecule has 4 aromatic rings.